The maximum Gasteiger partial charge on any atom is 0.338 e. The molecular formula is C23H18FN3O2S. The van der Waals surface area contributed by atoms with E-state index < -0.39 is 5.97 Å². The Hall–Kier alpha value is -3.58. The third-order valence-corrected chi connectivity index (χ3v) is 5.41. The third-order valence-electron chi connectivity index (χ3n) is 4.56. The summed E-state index contributed by atoms with van der Waals surface area (Å²) in [4.78, 5) is 20.8. The van der Waals surface area contributed by atoms with E-state index in [1.165, 1.54) is 19.2 Å². The first-order chi connectivity index (χ1) is 14.6. The van der Waals surface area contributed by atoms with E-state index in [1.807, 2.05) is 34.4 Å². The van der Waals surface area contributed by atoms with Crippen molar-refractivity contribution in [3.63, 3.8) is 0 Å². The van der Waals surface area contributed by atoms with Gasteiger partial charge in [0.1, 0.15) is 10.8 Å². The van der Waals surface area contributed by atoms with Crippen LogP contribution in [0.5, 0.6) is 0 Å². The Morgan fingerprint density at radius 1 is 1.20 bits per heavy atom. The SMILES string of the molecule is COC(=O)c1ccc(/C=C(\Cn2ccnc2)c2nccs2)cc1-c1ccc(F)cc1. The van der Waals surface area contributed by atoms with Crippen molar-refractivity contribution in [2.24, 2.45) is 0 Å². The molecule has 4 rings (SSSR count). The van der Waals surface area contributed by atoms with Crippen LogP contribution in [0.15, 0.2) is 72.8 Å². The summed E-state index contributed by atoms with van der Waals surface area (Å²) >= 11 is 1.56. The number of ether oxygens (including phenoxy) is 1. The minimum Gasteiger partial charge on any atom is -0.465 e. The van der Waals surface area contributed by atoms with E-state index in [4.69, 9.17) is 4.74 Å². The van der Waals surface area contributed by atoms with Crippen molar-refractivity contribution in [3.05, 3.63) is 94.7 Å². The van der Waals surface area contributed by atoms with Gasteiger partial charge in [-0.25, -0.2) is 19.2 Å². The van der Waals surface area contributed by atoms with Gasteiger partial charge in [-0.2, -0.15) is 0 Å². The number of imidazole rings is 1. The number of rotatable bonds is 6. The number of thiazole rings is 1. The summed E-state index contributed by atoms with van der Waals surface area (Å²) in [6, 6.07) is 11.5. The Kier molecular flexibility index (Phi) is 5.81. The topological polar surface area (TPSA) is 57.0 Å². The van der Waals surface area contributed by atoms with Crippen molar-refractivity contribution in [1.82, 2.24) is 14.5 Å². The number of hydrogen-bond acceptors (Lipinski definition) is 5. The summed E-state index contributed by atoms with van der Waals surface area (Å²) in [5.74, 6) is -0.774. The number of nitrogens with zero attached hydrogens (tertiary/aromatic N) is 3. The lowest BCUT2D eigenvalue weighted by molar-refractivity contribution is 0.0601. The average molecular weight is 419 g/mol. The molecule has 0 unspecified atom stereocenters. The van der Waals surface area contributed by atoms with Crippen LogP contribution in [0.3, 0.4) is 0 Å². The summed E-state index contributed by atoms with van der Waals surface area (Å²) in [7, 11) is 1.34. The molecule has 5 nitrogen and oxygen atoms in total. The Morgan fingerprint density at radius 3 is 2.70 bits per heavy atom. The molecule has 0 N–H and O–H groups in total. The zero-order chi connectivity index (χ0) is 20.9. The van der Waals surface area contributed by atoms with Crippen LogP contribution in [-0.4, -0.2) is 27.6 Å². The van der Waals surface area contributed by atoms with Crippen molar-refractivity contribution in [3.8, 4) is 11.1 Å². The van der Waals surface area contributed by atoms with Gasteiger partial charge in [-0.3, -0.25) is 0 Å². The lowest BCUT2D eigenvalue weighted by Gasteiger charge is -2.11. The lowest BCUT2D eigenvalue weighted by atomic mass is 9.96. The number of hydrogen-bond donors (Lipinski definition) is 0. The second-order valence-electron chi connectivity index (χ2n) is 6.55. The molecule has 0 saturated heterocycles. The van der Waals surface area contributed by atoms with Gasteiger partial charge in [0.15, 0.2) is 0 Å². The molecule has 2 aromatic carbocycles. The second-order valence-corrected chi connectivity index (χ2v) is 7.44. The van der Waals surface area contributed by atoms with E-state index in [0.29, 0.717) is 17.7 Å². The van der Waals surface area contributed by atoms with Crippen molar-refractivity contribution in [2.45, 2.75) is 6.54 Å². The van der Waals surface area contributed by atoms with E-state index >= 15 is 0 Å². The van der Waals surface area contributed by atoms with Crippen LogP contribution in [-0.2, 0) is 11.3 Å². The Labute approximate surface area is 177 Å². The molecule has 0 bridgehead atoms. The average Bonchev–Trinajstić information content (AvgIpc) is 3.47. The normalized spacial score (nSPS) is 11.5. The minimum atomic E-state index is -0.441. The van der Waals surface area contributed by atoms with Crippen LogP contribution < -0.4 is 0 Å². The quantitative estimate of drug-likeness (QED) is 0.405. The fraction of sp³-hybridized carbons (Fsp3) is 0.0870. The van der Waals surface area contributed by atoms with Crippen molar-refractivity contribution in [1.29, 1.82) is 0 Å². The summed E-state index contributed by atoms with van der Waals surface area (Å²) in [6.07, 6.45) is 9.19. The maximum atomic E-state index is 13.4. The van der Waals surface area contributed by atoms with Gasteiger partial charge in [-0.1, -0.05) is 18.2 Å². The Balaban J connectivity index is 1.80. The third kappa shape index (κ3) is 4.36. The monoisotopic (exact) mass is 419 g/mol. The molecule has 30 heavy (non-hydrogen) atoms. The summed E-state index contributed by atoms with van der Waals surface area (Å²) in [5, 5.41) is 2.84. The number of esters is 1. The molecule has 0 aliphatic carbocycles. The fourth-order valence-corrected chi connectivity index (χ4v) is 3.79. The zero-order valence-corrected chi connectivity index (χ0v) is 17.0. The van der Waals surface area contributed by atoms with E-state index in [0.717, 1.165) is 21.7 Å². The Morgan fingerprint density at radius 2 is 2.03 bits per heavy atom. The van der Waals surface area contributed by atoms with Crippen LogP contribution in [0.1, 0.15) is 20.9 Å². The molecule has 0 amide bonds. The van der Waals surface area contributed by atoms with Gasteiger partial charge >= 0.3 is 5.97 Å². The molecule has 2 aromatic heterocycles. The van der Waals surface area contributed by atoms with Crippen molar-refractivity contribution >= 4 is 29.0 Å². The Bertz CT molecular complexity index is 1170. The van der Waals surface area contributed by atoms with Gasteiger partial charge in [-0.15, -0.1) is 11.3 Å². The lowest BCUT2D eigenvalue weighted by Crippen LogP contribution is -2.04. The molecule has 150 valence electrons. The van der Waals surface area contributed by atoms with Gasteiger partial charge in [-0.05, 0) is 47.0 Å². The number of halogens is 1. The molecule has 2 heterocycles. The molecule has 0 atom stereocenters. The predicted molar refractivity (Wildman–Crippen MR) is 115 cm³/mol. The molecule has 0 radical (unpaired) electrons. The number of allylic oxidation sites excluding steroid dienone is 1. The van der Waals surface area contributed by atoms with Gasteiger partial charge < -0.3 is 9.30 Å². The van der Waals surface area contributed by atoms with Crippen molar-refractivity contribution in [2.75, 3.05) is 7.11 Å². The molecule has 0 aliphatic heterocycles. The molecule has 7 heteroatoms. The van der Waals surface area contributed by atoms with Crippen LogP contribution in [0.4, 0.5) is 4.39 Å². The standard InChI is InChI=1S/C23H18FN3O2S/c1-29-23(28)20-7-2-16(13-21(20)17-3-5-19(24)6-4-17)12-18(22-26-9-11-30-22)14-27-10-8-25-15-27/h2-13,15H,14H2,1H3/b18-12+. The fourth-order valence-electron chi connectivity index (χ4n) is 3.14. The largest absolute Gasteiger partial charge is 0.465 e. The highest BCUT2D eigenvalue weighted by atomic mass is 32.1. The first-order valence-electron chi connectivity index (χ1n) is 9.18. The highest BCUT2D eigenvalue weighted by Gasteiger charge is 2.15. The molecule has 0 spiro atoms. The highest BCUT2D eigenvalue weighted by Crippen LogP contribution is 2.29. The summed E-state index contributed by atoms with van der Waals surface area (Å²) in [6.45, 7) is 0.609. The van der Waals surface area contributed by atoms with E-state index in [1.54, 1.807) is 48.3 Å². The van der Waals surface area contributed by atoms with Gasteiger partial charge in [0, 0.05) is 29.5 Å². The molecule has 0 saturated carbocycles. The smallest absolute Gasteiger partial charge is 0.338 e. The molecule has 0 fully saturated rings. The predicted octanol–water partition coefficient (Wildman–Crippen LogP) is 5.17. The first kappa shape index (κ1) is 19.7. The van der Waals surface area contributed by atoms with Crippen LogP contribution in [0, 0.1) is 5.82 Å². The van der Waals surface area contributed by atoms with Gasteiger partial charge in [0.2, 0.25) is 0 Å². The first-order valence-corrected chi connectivity index (χ1v) is 10.1. The van der Waals surface area contributed by atoms with Gasteiger partial charge in [0.25, 0.3) is 0 Å². The summed E-state index contributed by atoms with van der Waals surface area (Å²) in [5.41, 5.74) is 3.74. The van der Waals surface area contributed by atoms with E-state index in [2.05, 4.69) is 9.97 Å². The number of carbonyl (C=O) groups is 1. The number of benzene rings is 2. The van der Waals surface area contributed by atoms with Crippen LogP contribution >= 0.6 is 11.3 Å². The van der Waals surface area contributed by atoms with Gasteiger partial charge in [0.05, 0.1) is 25.5 Å². The maximum absolute atomic E-state index is 13.4. The highest BCUT2D eigenvalue weighted by molar-refractivity contribution is 7.10. The molecule has 4 aromatic rings. The molecular weight excluding hydrogens is 401 g/mol. The van der Waals surface area contributed by atoms with E-state index in [-0.39, 0.29) is 5.82 Å². The number of methoxy groups -OCH3 is 1. The van der Waals surface area contributed by atoms with E-state index in [9.17, 15) is 9.18 Å². The molecule has 0 aliphatic rings. The van der Waals surface area contributed by atoms with Crippen LogP contribution in [0.25, 0.3) is 22.8 Å². The summed E-state index contributed by atoms with van der Waals surface area (Å²) < 4.78 is 20.3. The number of carbonyl (C=O) groups excluding carboxylic acids is 1. The van der Waals surface area contributed by atoms with Crippen LogP contribution in [0.2, 0.25) is 0 Å². The second kappa shape index (κ2) is 8.84. The zero-order valence-electron chi connectivity index (χ0n) is 16.2. The number of aromatic nitrogens is 3. The minimum absolute atomic E-state index is 0.333. The van der Waals surface area contributed by atoms with Crippen molar-refractivity contribution < 1.29 is 13.9 Å².